The predicted molar refractivity (Wildman–Crippen MR) is 130 cm³/mol. The Bertz CT molecular complexity index is 1190. The number of nitrogens with two attached hydrogens (primary N) is 1. The largest absolute Gasteiger partial charge is 0.407 e. The number of carbonyl (C=O) groups is 1. The second-order valence-corrected chi connectivity index (χ2v) is 6.83. The van der Waals surface area contributed by atoms with Crippen molar-refractivity contribution in [1.82, 2.24) is 0 Å². The first-order valence-corrected chi connectivity index (χ1v) is 10.5. The highest BCUT2D eigenvalue weighted by molar-refractivity contribution is 6.05. The fraction of sp³-hybridized carbons (Fsp3) is 0.115. The summed E-state index contributed by atoms with van der Waals surface area (Å²) in [6.07, 6.45) is 1.72. The molecule has 0 saturated carbocycles. The predicted octanol–water partition coefficient (Wildman–Crippen LogP) is 4.96. The molecule has 1 atom stereocenters. The van der Waals surface area contributed by atoms with Crippen molar-refractivity contribution in [3.8, 4) is 0 Å². The SMILES string of the molecule is CC.N=C(OC(N)=NC1C=C(c2ccccc2)c2ccccc2NC1=O)c1ccc(F)cc1. The van der Waals surface area contributed by atoms with Crippen molar-refractivity contribution >= 4 is 29.1 Å². The van der Waals surface area contributed by atoms with Gasteiger partial charge in [-0.2, -0.15) is 0 Å². The lowest BCUT2D eigenvalue weighted by Crippen LogP contribution is -2.29. The molecule has 3 aromatic carbocycles. The van der Waals surface area contributed by atoms with E-state index in [0.29, 0.717) is 11.3 Å². The zero-order valence-electron chi connectivity index (χ0n) is 18.4. The molecule has 6 nitrogen and oxygen atoms in total. The summed E-state index contributed by atoms with van der Waals surface area (Å²) in [6.45, 7) is 4.00. The van der Waals surface area contributed by atoms with E-state index < -0.39 is 11.9 Å². The highest BCUT2D eigenvalue weighted by Crippen LogP contribution is 2.32. The average molecular weight is 445 g/mol. The van der Waals surface area contributed by atoms with Gasteiger partial charge >= 0.3 is 0 Å². The Kier molecular flexibility index (Phi) is 7.70. The summed E-state index contributed by atoms with van der Waals surface area (Å²) in [7, 11) is 0. The maximum Gasteiger partial charge on any atom is 0.289 e. The summed E-state index contributed by atoms with van der Waals surface area (Å²) in [4.78, 5) is 17.0. The Morgan fingerprint density at radius 1 is 1.00 bits per heavy atom. The van der Waals surface area contributed by atoms with E-state index in [9.17, 15) is 9.18 Å². The number of carbonyl (C=O) groups excluding carboxylic acids is 1. The van der Waals surface area contributed by atoms with Crippen molar-refractivity contribution in [2.75, 3.05) is 5.32 Å². The highest BCUT2D eigenvalue weighted by Gasteiger charge is 2.24. The number of anilines is 1. The van der Waals surface area contributed by atoms with Crippen molar-refractivity contribution < 1.29 is 13.9 Å². The molecule has 1 aliphatic rings. The van der Waals surface area contributed by atoms with E-state index in [1.807, 2.05) is 68.4 Å². The van der Waals surface area contributed by atoms with Crippen LogP contribution in [-0.2, 0) is 9.53 Å². The second kappa shape index (κ2) is 10.9. The van der Waals surface area contributed by atoms with Crippen molar-refractivity contribution in [2.24, 2.45) is 10.7 Å². The molecule has 4 N–H and O–H groups in total. The van der Waals surface area contributed by atoms with Gasteiger partial charge in [-0.05, 0) is 47.5 Å². The van der Waals surface area contributed by atoms with E-state index in [-0.39, 0.29) is 17.8 Å². The molecule has 0 radical (unpaired) electrons. The monoisotopic (exact) mass is 444 g/mol. The molecule has 1 aliphatic heterocycles. The van der Waals surface area contributed by atoms with Crippen LogP contribution in [0.25, 0.3) is 5.57 Å². The zero-order valence-corrected chi connectivity index (χ0v) is 18.4. The molecule has 0 saturated heterocycles. The summed E-state index contributed by atoms with van der Waals surface area (Å²) in [6, 6.07) is 21.0. The van der Waals surface area contributed by atoms with Gasteiger partial charge in [0, 0.05) is 16.8 Å². The van der Waals surface area contributed by atoms with Gasteiger partial charge < -0.3 is 15.8 Å². The van der Waals surface area contributed by atoms with Gasteiger partial charge in [-0.3, -0.25) is 10.2 Å². The number of aliphatic imine (C=N–C) groups is 1. The van der Waals surface area contributed by atoms with Crippen LogP contribution in [0.1, 0.15) is 30.5 Å². The Hall–Kier alpha value is -4.26. The van der Waals surface area contributed by atoms with Crippen molar-refractivity contribution in [1.29, 1.82) is 5.41 Å². The summed E-state index contributed by atoms with van der Waals surface area (Å²) in [5.74, 6) is -1.10. The van der Waals surface area contributed by atoms with E-state index in [1.54, 1.807) is 6.08 Å². The first-order valence-electron chi connectivity index (χ1n) is 10.5. The zero-order chi connectivity index (χ0) is 23.8. The first kappa shape index (κ1) is 23.4. The number of nitrogens with zero attached hydrogens (tertiary/aromatic N) is 1. The molecule has 4 rings (SSSR count). The maximum absolute atomic E-state index is 13.1. The molecule has 168 valence electrons. The van der Waals surface area contributed by atoms with Crippen LogP contribution in [0.3, 0.4) is 0 Å². The van der Waals surface area contributed by atoms with Gasteiger partial charge in [0.1, 0.15) is 5.82 Å². The average Bonchev–Trinajstić information content (AvgIpc) is 2.97. The van der Waals surface area contributed by atoms with Gasteiger partial charge in [-0.1, -0.05) is 62.4 Å². The number of amidine groups is 1. The van der Waals surface area contributed by atoms with Crippen LogP contribution in [0.15, 0.2) is 89.9 Å². The van der Waals surface area contributed by atoms with Crippen LogP contribution in [-0.4, -0.2) is 23.9 Å². The number of rotatable bonds is 3. The van der Waals surface area contributed by atoms with E-state index in [0.717, 1.165) is 16.7 Å². The van der Waals surface area contributed by atoms with Gasteiger partial charge in [-0.15, -0.1) is 0 Å². The number of hydrogen-bond donors (Lipinski definition) is 3. The molecule has 0 bridgehead atoms. The molecular weight excluding hydrogens is 419 g/mol. The summed E-state index contributed by atoms with van der Waals surface area (Å²) in [5, 5.41) is 10.9. The van der Waals surface area contributed by atoms with E-state index in [2.05, 4.69) is 10.3 Å². The van der Waals surface area contributed by atoms with Crippen LogP contribution < -0.4 is 11.1 Å². The minimum absolute atomic E-state index is 0.300. The van der Waals surface area contributed by atoms with Gasteiger partial charge in [0.2, 0.25) is 5.90 Å². The quantitative estimate of drug-likeness (QED) is 0.393. The highest BCUT2D eigenvalue weighted by atomic mass is 19.1. The summed E-state index contributed by atoms with van der Waals surface area (Å²) in [5.41, 5.74) is 9.48. The molecule has 0 spiro atoms. The van der Waals surface area contributed by atoms with Gasteiger partial charge in [0.05, 0.1) is 0 Å². The van der Waals surface area contributed by atoms with Crippen molar-refractivity contribution in [2.45, 2.75) is 19.9 Å². The van der Waals surface area contributed by atoms with Crippen LogP contribution in [0.4, 0.5) is 10.1 Å². The van der Waals surface area contributed by atoms with Crippen LogP contribution in [0, 0.1) is 11.2 Å². The number of hydrogen-bond acceptors (Lipinski definition) is 4. The summed E-state index contributed by atoms with van der Waals surface area (Å²) < 4.78 is 18.3. The second-order valence-electron chi connectivity index (χ2n) is 6.83. The van der Waals surface area contributed by atoms with Crippen LogP contribution in [0.2, 0.25) is 0 Å². The summed E-state index contributed by atoms with van der Waals surface area (Å²) >= 11 is 0. The minimum Gasteiger partial charge on any atom is -0.407 e. The smallest absolute Gasteiger partial charge is 0.289 e. The molecular formula is C26H25FN4O2. The molecule has 33 heavy (non-hydrogen) atoms. The molecule has 0 aromatic heterocycles. The third kappa shape index (κ3) is 5.71. The molecule has 1 heterocycles. The fourth-order valence-corrected chi connectivity index (χ4v) is 3.25. The fourth-order valence-electron chi connectivity index (χ4n) is 3.25. The number of nitrogens with one attached hydrogen (secondary N) is 2. The number of benzene rings is 3. The lowest BCUT2D eigenvalue weighted by molar-refractivity contribution is -0.116. The number of para-hydroxylation sites is 1. The standard InChI is InChI=1S/C24H19FN4O2.C2H6/c25-17-12-10-16(11-13-17)22(26)31-24(27)29-21-14-19(15-6-2-1-3-7-15)18-8-4-5-9-20(18)28-23(21)30;1-2/h1-14,21,26H,(H2,27,29)(H,28,30);1-2H3. The molecule has 3 aromatic rings. The molecule has 0 fully saturated rings. The van der Waals surface area contributed by atoms with E-state index >= 15 is 0 Å². The normalized spacial score (nSPS) is 15.1. The Balaban J connectivity index is 0.00000149. The third-order valence-electron chi connectivity index (χ3n) is 4.73. The maximum atomic E-state index is 13.1. The lowest BCUT2D eigenvalue weighted by atomic mass is 9.96. The molecule has 1 amide bonds. The Morgan fingerprint density at radius 2 is 1.64 bits per heavy atom. The Labute approximate surface area is 192 Å². The topological polar surface area (TPSA) is 101 Å². The van der Waals surface area contributed by atoms with Crippen LogP contribution >= 0.6 is 0 Å². The van der Waals surface area contributed by atoms with Crippen molar-refractivity contribution in [3.63, 3.8) is 0 Å². The van der Waals surface area contributed by atoms with Gasteiger partial charge in [-0.25, -0.2) is 9.38 Å². The van der Waals surface area contributed by atoms with Crippen molar-refractivity contribution in [3.05, 3.63) is 107 Å². The number of halogens is 1. The van der Waals surface area contributed by atoms with E-state index in [4.69, 9.17) is 15.9 Å². The minimum atomic E-state index is -0.969. The Morgan fingerprint density at radius 3 is 2.33 bits per heavy atom. The van der Waals surface area contributed by atoms with Crippen LogP contribution in [0.5, 0.6) is 0 Å². The van der Waals surface area contributed by atoms with Gasteiger partial charge in [0.25, 0.3) is 11.9 Å². The first-order chi connectivity index (χ1) is 16.0. The molecule has 1 unspecified atom stereocenters. The molecule has 0 aliphatic carbocycles. The number of amides is 1. The van der Waals surface area contributed by atoms with E-state index in [1.165, 1.54) is 24.3 Å². The third-order valence-corrected chi connectivity index (χ3v) is 4.73. The number of fused-ring (bicyclic) bond motifs is 1. The van der Waals surface area contributed by atoms with Gasteiger partial charge in [0.15, 0.2) is 6.04 Å². The number of ether oxygens (including phenoxy) is 1. The molecule has 7 heteroatoms. The lowest BCUT2D eigenvalue weighted by Gasteiger charge is -2.10.